The molecule has 2 aromatic carbocycles. The quantitative estimate of drug-likeness (QED) is 0.305. The first-order valence-corrected chi connectivity index (χ1v) is 15.6. The fraction of sp³-hybridized carbons (Fsp3) is 0.533. The van der Waals surface area contributed by atoms with Crippen molar-refractivity contribution in [2.24, 2.45) is 11.3 Å². The number of carboxylic acids is 1. The minimum Gasteiger partial charge on any atom is -0.481 e. The van der Waals surface area contributed by atoms with E-state index in [1.807, 2.05) is 0 Å². The second-order valence-corrected chi connectivity index (χ2v) is 14.0. The number of sulfone groups is 1. The Balaban J connectivity index is 1.81. The Morgan fingerprint density at radius 3 is 2.00 bits per heavy atom. The van der Waals surface area contributed by atoms with Crippen LogP contribution in [0, 0.1) is 11.3 Å². The molecule has 1 amide bonds. The Bertz CT molecular complexity index is 1520. The van der Waals surface area contributed by atoms with Gasteiger partial charge in [0.1, 0.15) is 11.4 Å². The number of amides is 1. The molecule has 0 spiro atoms. The predicted molar refractivity (Wildman–Crippen MR) is 145 cm³/mol. The number of benzene rings is 2. The highest BCUT2D eigenvalue weighted by atomic mass is 32.2. The van der Waals surface area contributed by atoms with Gasteiger partial charge in [-0.15, -0.1) is 0 Å². The van der Waals surface area contributed by atoms with Crippen molar-refractivity contribution in [3.8, 4) is 0 Å². The topological polar surface area (TPSA) is 91.8 Å². The fourth-order valence-corrected chi connectivity index (χ4v) is 8.70. The number of nitrogens with zero attached hydrogens (tertiary/aromatic N) is 1. The van der Waals surface area contributed by atoms with E-state index >= 15 is 0 Å². The molecule has 0 bridgehead atoms. The summed E-state index contributed by atoms with van der Waals surface area (Å²) in [5, 5.41) is 9.39. The van der Waals surface area contributed by atoms with Crippen molar-refractivity contribution in [1.82, 2.24) is 4.90 Å². The number of halogens is 8. The molecule has 2 aliphatic rings. The third kappa shape index (κ3) is 5.69. The van der Waals surface area contributed by atoms with Crippen LogP contribution in [0.25, 0.3) is 0 Å². The highest BCUT2D eigenvalue weighted by molar-refractivity contribution is 7.92. The Labute approximate surface area is 254 Å². The summed E-state index contributed by atoms with van der Waals surface area (Å²) >= 11 is 0. The van der Waals surface area contributed by atoms with Gasteiger partial charge in [-0.05, 0) is 61.8 Å². The number of hydrogen-bond donors (Lipinski definition) is 1. The molecule has 4 rings (SSSR count). The monoisotopic (exact) mass is 669 g/mol. The Morgan fingerprint density at radius 2 is 1.51 bits per heavy atom. The molecular weight excluding hydrogens is 638 g/mol. The Morgan fingerprint density at radius 1 is 0.933 bits per heavy atom. The van der Waals surface area contributed by atoms with E-state index < -0.39 is 74.6 Å². The number of alkyl halides is 8. The highest BCUT2D eigenvalue weighted by Crippen LogP contribution is 2.54. The molecule has 2 fully saturated rings. The zero-order valence-electron chi connectivity index (χ0n) is 24.0. The van der Waals surface area contributed by atoms with E-state index in [-0.39, 0.29) is 66.8 Å². The zero-order valence-corrected chi connectivity index (χ0v) is 24.8. The first-order valence-electron chi connectivity index (χ1n) is 14.1. The summed E-state index contributed by atoms with van der Waals surface area (Å²) in [6, 6.07) is 6.63. The molecule has 2 aromatic rings. The molecular formula is C30H31F8NO5S. The summed E-state index contributed by atoms with van der Waals surface area (Å²) in [7, 11) is -4.61. The van der Waals surface area contributed by atoms with E-state index in [0.717, 1.165) is 12.1 Å². The van der Waals surface area contributed by atoms with Gasteiger partial charge >= 0.3 is 24.0 Å². The lowest BCUT2D eigenvalue weighted by molar-refractivity contribution is -0.348. The molecule has 1 N–H and O–H groups in total. The number of hydrogen-bond acceptors (Lipinski definition) is 4. The van der Waals surface area contributed by atoms with Gasteiger partial charge in [0, 0.05) is 24.1 Å². The predicted octanol–water partition coefficient (Wildman–Crippen LogP) is 7.02. The Kier molecular flexibility index (Phi) is 9.12. The van der Waals surface area contributed by atoms with Crippen molar-refractivity contribution in [2.75, 3.05) is 13.1 Å². The molecule has 1 atom stereocenters. The zero-order chi connectivity index (χ0) is 33.6. The number of carbonyl (C=O) groups excluding carboxylic acids is 1. The molecule has 248 valence electrons. The van der Waals surface area contributed by atoms with E-state index in [4.69, 9.17) is 0 Å². The van der Waals surface area contributed by atoms with Gasteiger partial charge in [0.25, 0.3) is 0 Å². The van der Waals surface area contributed by atoms with Crippen LogP contribution in [-0.2, 0) is 36.5 Å². The summed E-state index contributed by atoms with van der Waals surface area (Å²) in [6.45, 7) is 0.00586. The molecule has 6 nitrogen and oxygen atoms in total. The lowest BCUT2D eigenvalue weighted by Crippen LogP contribution is -2.50. The van der Waals surface area contributed by atoms with Crippen molar-refractivity contribution in [3.05, 3.63) is 65.2 Å². The molecule has 45 heavy (non-hydrogen) atoms. The lowest BCUT2D eigenvalue weighted by atomic mass is 9.68. The largest absolute Gasteiger partial charge is 0.481 e. The first kappa shape index (κ1) is 34.6. The molecule has 1 aliphatic heterocycles. The maximum Gasteiger partial charge on any atom is 0.435 e. The maximum absolute atomic E-state index is 14.8. The normalized spacial score (nSPS) is 24.9. The smallest absolute Gasteiger partial charge is 0.435 e. The molecule has 1 aliphatic carbocycles. The maximum atomic E-state index is 14.8. The molecule has 1 unspecified atom stereocenters. The van der Waals surface area contributed by atoms with Gasteiger partial charge in [0.15, 0.2) is 9.84 Å². The summed E-state index contributed by atoms with van der Waals surface area (Å²) in [4.78, 5) is 26.3. The van der Waals surface area contributed by atoms with Crippen LogP contribution in [0.15, 0.2) is 53.4 Å². The molecule has 0 aromatic heterocycles. The molecule has 1 heterocycles. The SMILES string of the molecule is CCC1(C(=O)N2CCC(c3ccc(C(F)(C(F)(F)F)C(F)(F)F)cc3)(S(=O)(=O)c3cccc(CF)c3)C2)CCC(C(=O)O)CC1. The van der Waals surface area contributed by atoms with E-state index in [1.54, 1.807) is 6.92 Å². The summed E-state index contributed by atoms with van der Waals surface area (Å²) in [5.41, 5.74) is -8.83. The van der Waals surface area contributed by atoms with Crippen molar-refractivity contribution in [3.63, 3.8) is 0 Å². The summed E-state index contributed by atoms with van der Waals surface area (Å²) < 4.78 is 135. The van der Waals surface area contributed by atoms with Gasteiger partial charge in [-0.25, -0.2) is 17.2 Å². The molecule has 0 radical (unpaired) electrons. The van der Waals surface area contributed by atoms with Gasteiger partial charge in [-0.3, -0.25) is 9.59 Å². The molecule has 15 heteroatoms. The average molecular weight is 670 g/mol. The van der Waals surface area contributed by atoms with Crippen molar-refractivity contribution < 1.29 is 58.2 Å². The third-order valence-electron chi connectivity index (χ3n) is 9.41. The number of rotatable bonds is 8. The highest BCUT2D eigenvalue weighted by Gasteiger charge is 2.73. The first-order chi connectivity index (χ1) is 20.8. The van der Waals surface area contributed by atoms with Crippen LogP contribution in [0.4, 0.5) is 35.1 Å². The van der Waals surface area contributed by atoms with Gasteiger partial charge in [0.05, 0.1) is 10.8 Å². The fourth-order valence-electron chi connectivity index (χ4n) is 6.55. The van der Waals surface area contributed by atoms with E-state index in [1.165, 1.54) is 17.0 Å². The lowest BCUT2D eigenvalue weighted by Gasteiger charge is -2.40. The van der Waals surface area contributed by atoms with Crippen molar-refractivity contribution in [2.45, 2.75) is 79.8 Å². The third-order valence-corrected chi connectivity index (χ3v) is 11.9. The van der Waals surface area contributed by atoms with Crippen LogP contribution in [0.1, 0.15) is 62.1 Å². The van der Waals surface area contributed by atoms with Gasteiger partial charge in [-0.1, -0.05) is 43.3 Å². The van der Waals surface area contributed by atoms with Gasteiger partial charge < -0.3 is 10.0 Å². The van der Waals surface area contributed by atoms with E-state index in [2.05, 4.69) is 0 Å². The minimum absolute atomic E-state index is 0.00908. The minimum atomic E-state index is -6.38. The van der Waals surface area contributed by atoms with Crippen LogP contribution in [0.2, 0.25) is 0 Å². The van der Waals surface area contributed by atoms with Crippen LogP contribution >= 0.6 is 0 Å². The van der Waals surface area contributed by atoms with Gasteiger partial charge in [-0.2, -0.15) is 26.3 Å². The van der Waals surface area contributed by atoms with Crippen LogP contribution in [0.3, 0.4) is 0 Å². The van der Waals surface area contributed by atoms with Gasteiger partial charge in [0.2, 0.25) is 5.91 Å². The molecule has 1 saturated carbocycles. The van der Waals surface area contributed by atoms with Crippen LogP contribution in [-0.4, -0.2) is 55.7 Å². The number of carboxylic acid groups (broad SMARTS) is 1. The second-order valence-electron chi connectivity index (χ2n) is 11.7. The summed E-state index contributed by atoms with van der Waals surface area (Å²) in [6.07, 6.45) is -11.9. The Hall–Kier alpha value is -3.23. The number of likely N-dealkylation sites (tertiary alicyclic amines) is 1. The van der Waals surface area contributed by atoms with E-state index in [9.17, 15) is 58.2 Å². The van der Waals surface area contributed by atoms with E-state index in [0.29, 0.717) is 18.6 Å². The number of carbonyl (C=O) groups is 2. The number of aliphatic carboxylic acids is 1. The van der Waals surface area contributed by atoms with Crippen LogP contribution < -0.4 is 0 Å². The molecule has 1 saturated heterocycles. The average Bonchev–Trinajstić information content (AvgIpc) is 3.46. The standard InChI is InChI=1S/C30H31F8NO5S/c1-2-26(12-10-20(11-13-26)24(40)41)25(42)39-15-14-27(18-39,45(43,44)23-5-3-4-19(16-23)17-31)21-6-8-22(9-7-21)28(32,29(33,34)35)30(36,37)38/h3-9,16,20H,2,10-15,17-18H2,1H3,(H,40,41). The van der Waals surface area contributed by atoms with Crippen molar-refractivity contribution >= 4 is 21.7 Å². The second kappa shape index (κ2) is 11.8. The van der Waals surface area contributed by atoms with Crippen molar-refractivity contribution in [1.29, 1.82) is 0 Å². The van der Waals surface area contributed by atoms with Crippen LogP contribution in [0.5, 0.6) is 0 Å². The summed E-state index contributed by atoms with van der Waals surface area (Å²) in [5.74, 6) is -2.09.